The molecule has 1 aliphatic heterocycles. The Morgan fingerprint density at radius 1 is 1.11 bits per heavy atom. The van der Waals surface area contributed by atoms with Gasteiger partial charge in [-0.1, -0.05) is 44.2 Å². The Bertz CT molecular complexity index is 1410. The summed E-state index contributed by atoms with van der Waals surface area (Å²) >= 11 is 0. The van der Waals surface area contributed by atoms with E-state index in [1.54, 1.807) is 30.3 Å². The number of amides is 1. The molecular formula is C26H30FN3O4S. The van der Waals surface area contributed by atoms with Gasteiger partial charge in [0.15, 0.2) is 0 Å². The van der Waals surface area contributed by atoms with Gasteiger partial charge in [-0.25, -0.2) is 17.1 Å². The quantitative estimate of drug-likeness (QED) is 0.541. The Labute approximate surface area is 204 Å². The predicted octanol–water partition coefficient (Wildman–Crippen LogP) is 3.61. The van der Waals surface area contributed by atoms with E-state index in [0.717, 1.165) is 5.39 Å². The number of nitrogens with one attached hydrogen (secondary N) is 2. The number of halogens is 1. The van der Waals surface area contributed by atoms with Crippen molar-refractivity contribution in [3.05, 3.63) is 70.3 Å². The van der Waals surface area contributed by atoms with Gasteiger partial charge in [0, 0.05) is 35.8 Å². The van der Waals surface area contributed by atoms with Gasteiger partial charge in [0.25, 0.3) is 5.56 Å². The van der Waals surface area contributed by atoms with Crippen LogP contribution in [0.5, 0.6) is 0 Å². The third-order valence-corrected chi connectivity index (χ3v) is 7.94. The van der Waals surface area contributed by atoms with E-state index in [4.69, 9.17) is 0 Å². The maximum Gasteiger partial charge on any atom is 0.252 e. The first-order valence-corrected chi connectivity index (χ1v) is 13.6. The van der Waals surface area contributed by atoms with Gasteiger partial charge in [0.1, 0.15) is 5.82 Å². The number of benzene rings is 2. The molecule has 9 heteroatoms. The van der Waals surface area contributed by atoms with Crippen LogP contribution < -0.4 is 10.9 Å². The summed E-state index contributed by atoms with van der Waals surface area (Å²) in [5, 5.41) is 4.25. The van der Waals surface area contributed by atoms with Gasteiger partial charge in [-0.3, -0.25) is 9.59 Å². The molecule has 7 nitrogen and oxygen atoms in total. The van der Waals surface area contributed by atoms with E-state index >= 15 is 0 Å². The van der Waals surface area contributed by atoms with E-state index in [2.05, 4.69) is 10.3 Å². The summed E-state index contributed by atoms with van der Waals surface area (Å²) in [6.45, 7) is 4.49. The number of nitrogens with zero attached hydrogens (tertiary/aromatic N) is 1. The van der Waals surface area contributed by atoms with Gasteiger partial charge in [0.2, 0.25) is 15.9 Å². The number of carbonyl (C=O) groups excluding carboxylic acids is 1. The average molecular weight is 500 g/mol. The molecule has 2 N–H and O–H groups in total. The van der Waals surface area contributed by atoms with E-state index in [9.17, 15) is 22.4 Å². The molecule has 1 aromatic heterocycles. The van der Waals surface area contributed by atoms with Crippen molar-refractivity contribution in [2.75, 3.05) is 19.3 Å². The number of H-pyrrole nitrogens is 1. The number of aromatic amines is 1. The molecule has 0 radical (unpaired) electrons. The molecule has 1 atom stereocenters. The Hall–Kier alpha value is -3.04. The highest BCUT2D eigenvalue weighted by Crippen LogP contribution is 2.27. The molecule has 0 bridgehead atoms. The van der Waals surface area contributed by atoms with Crippen LogP contribution >= 0.6 is 0 Å². The summed E-state index contributed by atoms with van der Waals surface area (Å²) in [6, 6.07) is 13.5. The minimum Gasteiger partial charge on any atom is -0.353 e. The van der Waals surface area contributed by atoms with Crippen LogP contribution in [-0.4, -0.2) is 49.0 Å². The second-order valence-electron chi connectivity index (χ2n) is 9.50. The Morgan fingerprint density at radius 3 is 2.46 bits per heavy atom. The van der Waals surface area contributed by atoms with Crippen LogP contribution in [0, 0.1) is 11.7 Å². The summed E-state index contributed by atoms with van der Waals surface area (Å²) in [7, 11) is -3.24. The number of rotatable bonds is 6. The van der Waals surface area contributed by atoms with Crippen LogP contribution in [0.25, 0.3) is 22.0 Å². The molecule has 1 unspecified atom stereocenters. The fraction of sp³-hybridized carbons (Fsp3) is 0.385. The van der Waals surface area contributed by atoms with Crippen LogP contribution in [0.4, 0.5) is 4.39 Å². The Balaban J connectivity index is 1.54. The molecule has 1 aliphatic rings. The molecule has 35 heavy (non-hydrogen) atoms. The van der Waals surface area contributed by atoms with Gasteiger partial charge >= 0.3 is 0 Å². The van der Waals surface area contributed by atoms with Crippen molar-refractivity contribution in [3.8, 4) is 11.3 Å². The normalized spacial score (nSPS) is 16.5. The monoisotopic (exact) mass is 499 g/mol. The van der Waals surface area contributed by atoms with Gasteiger partial charge in [-0.05, 0) is 47.9 Å². The lowest BCUT2D eigenvalue weighted by atomic mass is 9.87. The average Bonchev–Trinajstić information content (AvgIpc) is 2.80. The molecule has 4 rings (SSSR count). The van der Waals surface area contributed by atoms with Crippen LogP contribution in [0.1, 0.15) is 38.2 Å². The van der Waals surface area contributed by atoms with Crippen LogP contribution in [0.2, 0.25) is 0 Å². The number of fused-ring (bicyclic) bond motifs is 1. The summed E-state index contributed by atoms with van der Waals surface area (Å²) < 4.78 is 39.1. The van der Waals surface area contributed by atoms with Crippen LogP contribution in [0.15, 0.2) is 53.3 Å². The van der Waals surface area contributed by atoms with Crippen molar-refractivity contribution in [1.82, 2.24) is 14.6 Å². The molecule has 3 aromatic rings. The number of piperidine rings is 1. The molecule has 1 saturated heterocycles. The van der Waals surface area contributed by atoms with E-state index in [1.165, 1.54) is 16.6 Å². The molecule has 1 amide bonds. The van der Waals surface area contributed by atoms with Gasteiger partial charge in [-0.15, -0.1) is 0 Å². The van der Waals surface area contributed by atoms with E-state index < -0.39 is 15.9 Å². The number of aromatic nitrogens is 1. The lowest BCUT2D eigenvalue weighted by Crippen LogP contribution is -2.48. The number of pyridine rings is 1. The second-order valence-corrected chi connectivity index (χ2v) is 11.5. The molecule has 0 spiro atoms. The summed E-state index contributed by atoms with van der Waals surface area (Å²) in [4.78, 5) is 29.1. The predicted molar refractivity (Wildman–Crippen MR) is 135 cm³/mol. The fourth-order valence-electron chi connectivity index (χ4n) is 4.73. The van der Waals surface area contributed by atoms with Crippen molar-refractivity contribution >= 4 is 26.7 Å². The number of sulfonamides is 1. The van der Waals surface area contributed by atoms with E-state index in [1.807, 2.05) is 26.0 Å². The summed E-state index contributed by atoms with van der Waals surface area (Å²) in [5.74, 6) is -1.37. The van der Waals surface area contributed by atoms with Crippen molar-refractivity contribution in [3.63, 3.8) is 0 Å². The SMILES string of the molecule is CC(C)C(C(=O)NC1CCN(S(C)(=O)=O)CC1)c1ccc(-c2ccc3cccc(F)c3c2)[nH]c1=O. The Morgan fingerprint density at radius 2 is 1.83 bits per heavy atom. The fourth-order valence-corrected chi connectivity index (χ4v) is 5.60. The lowest BCUT2D eigenvalue weighted by Gasteiger charge is -2.32. The summed E-state index contributed by atoms with van der Waals surface area (Å²) in [5.41, 5.74) is 1.22. The number of hydrogen-bond donors (Lipinski definition) is 2. The highest BCUT2D eigenvalue weighted by Gasteiger charge is 2.31. The van der Waals surface area contributed by atoms with E-state index in [-0.39, 0.29) is 29.2 Å². The number of carbonyl (C=O) groups is 1. The Kier molecular flexibility index (Phi) is 7.10. The third-order valence-electron chi connectivity index (χ3n) is 6.63. The van der Waals surface area contributed by atoms with Crippen LogP contribution in [-0.2, 0) is 14.8 Å². The third kappa shape index (κ3) is 5.46. The molecular weight excluding hydrogens is 469 g/mol. The smallest absolute Gasteiger partial charge is 0.252 e. The van der Waals surface area contributed by atoms with Gasteiger partial charge < -0.3 is 10.3 Å². The molecule has 2 aromatic carbocycles. The second kappa shape index (κ2) is 9.91. The lowest BCUT2D eigenvalue weighted by molar-refractivity contribution is -0.124. The topological polar surface area (TPSA) is 99.3 Å². The molecule has 0 aliphatic carbocycles. The summed E-state index contributed by atoms with van der Waals surface area (Å²) in [6.07, 6.45) is 2.24. The molecule has 2 heterocycles. The number of hydrogen-bond acceptors (Lipinski definition) is 4. The van der Waals surface area contributed by atoms with Crippen molar-refractivity contribution in [2.45, 2.75) is 38.6 Å². The minimum atomic E-state index is -3.24. The first kappa shape index (κ1) is 25.1. The van der Waals surface area contributed by atoms with Crippen molar-refractivity contribution < 1.29 is 17.6 Å². The van der Waals surface area contributed by atoms with E-state index in [0.29, 0.717) is 48.1 Å². The maximum absolute atomic E-state index is 14.2. The van der Waals surface area contributed by atoms with Crippen LogP contribution in [0.3, 0.4) is 0 Å². The van der Waals surface area contributed by atoms with Gasteiger partial charge in [-0.2, -0.15) is 0 Å². The zero-order valence-corrected chi connectivity index (χ0v) is 20.9. The molecule has 0 saturated carbocycles. The molecule has 186 valence electrons. The molecule has 1 fully saturated rings. The maximum atomic E-state index is 14.2. The minimum absolute atomic E-state index is 0.132. The standard InChI is InChI=1S/C26H30FN3O4S/c1-16(2)24(26(32)28-19-11-13-30(14-12-19)35(3,33)34)20-9-10-23(29-25(20)31)18-8-7-17-5-4-6-22(27)21(17)15-18/h4-10,15-16,19,24H,11-14H2,1-3H3,(H,28,32)(H,29,31). The highest BCUT2D eigenvalue weighted by molar-refractivity contribution is 7.88. The largest absolute Gasteiger partial charge is 0.353 e. The highest BCUT2D eigenvalue weighted by atomic mass is 32.2. The van der Waals surface area contributed by atoms with Crippen molar-refractivity contribution in [2.24, 2.45) is 5.92 Å². The zero-order chi connectivity index (χ0) is 25.3. The van der Waals surface area contributed by atoms with Crippen molar-refractivity contribution in [1.29, 1.82) is 0 Å². The first-order chi connectivity index (χ1) is 16.5. The zero-order valence-electron chi connectivity index (χ0n) is 20.0. The van der Waals surface area contributed by atoms with Gasteiger partial charge in [0.05, 0.1) is 12.2 Å². The first-order valence-electron chi connectivity index (χ1n) is 11.7.